The van der Waals surface area contributed by atoms with Crippen LogP contribution in [0.2, 0.25) is 0 Å². The van der Waals surface area contributed by atoms with E-state index in [1.165, 1.54) is 0 Å². The highest BCUT2D eigenvalue weighted by molar-refractivity contribution is 7.80. The fraction of sp³-hybridized carbons (Fsp3) is 0.267. The molecule has 0 radical (unpaired) electrons. The van der Waals surface area contributed by atoms with Gasteiger partial charge in [0.15, 0.2) is 0 Å². The van der Waals surface area contributed by atoms with Crippen molar-refractivity contribution in [2.45, 2.75) is 20.4 Å². The Balaban J connectivity index is 1.99. The van der Waals surface area contributed by atoms with Crippen molar-refractivity contribution in [1.29, 1.82) is 0 Å². The fourth-order valence-electron chi connectivity index (χ4n) is 2.02. The number of nitrogens with two attached hydrogens (primary N) is 1. The molecule has 0 spiro atoms. The number of hydrogen-bond donors (Lipinski definition) is 1. The van der Waals surface area contributed by atoms with Crippen LogP contribution >= 0.6 is 12.2 Å². The van der Waals surface area contributed by atoms with Crippen LogP contribution in [-0.4, -0.2) is 21.1 Å². The topological polar surface area (TPSA) is 70.1 Å². The van der Waals surface area contributed by atoms with Crippen LogP contribution in [0.15, 0.2) is 35.1 Å². The first kappa shape index (κ1) is 15.2. The van der Waals surface area contributed by atoms with Gasteiger partial charge in [-0.2, -0.15) is 4.98 Å². The zero-order valence-electron chi connectivity index (χ0n) is 12.0. The second kappa shape index (κ2) is 6.49. The van der Waals surface area contributed by atoms with Gasteiger partial charge in [0.2, 0.25) is 0 Å². The second-order valence-corrected chi connectivity index (χ2v) is 5.15. The molecule has 0 aliphatic rings. The minimum Gasteiger partial charge on any atom is -0.492 e. The molecular formula is C15H17N3O2S. The number of aromatic nitrogens is 2. The lowest BCUT2D eigenvalue weighted by Gasteiger charge is -2.11. The van der Waals surface area contributed by atoms with Crippen molar-refractivity contribution in [2.24, 2.45) is 5.73 Å². The van der Waals surface area contributed by atoms with Crippen LogP contribution in [0.5, 0.6) is 5.75 Å². The summed E-state index contributed by atoms with van der Waals surface area (Å²) in [6.07, 6.45) is 0. The molecule has 0 saturated carbocycles. The molecule has 0 unspecified atom stereocenters. The first-order chi connectivity index (χ1) is 9.97. The summed E-state index contributed by atoms with van der Waals surface area (Å²) in [5.41, 5.74) is 7.68. The highest BCUT2D eigenvalue weighted by atomic mass is 32.1. The van der Waals surface area contributed by atoms with E-state index in [1.54, 1.807) is 23.6 Å². The molecule has 1 aromatic heterocycles. The number of hydrogen-bond acceptors (Lipinski definition) is 4. The lowest BCUT2D eigenvalue weighted by atomic mass is 10.2. The Kier molecular flexibility index (Phi) is 4.70. The van der Waals surface area contributed by atoms with Gasteiger partial charge >= 0.3 is 5.69 Å². The summed E-state index contributed by atoms with van der Waals surface area (Å²) in [5, 5.41) is 0. The normalized spacial score (nSPS) is 10.4. The average Bonchev–Trinajstić information content (AvgIpc) is 2.42. The van der Waals surface area contributed by atoms with Crippen molar-refractivity contribution in [3.05, 3.63) is 57.8 Å². The van der Waals surface area contributed by atoms with Gasteiger partial charge in [0.05, 0.1) is 6.54 Å². The Hall–Kier alpha value is -2.21. The zero-order chi connectivity index (χ0) is 15.4. The van der Waals surface area contributed by atoms with E-state index in [1.807, 2.05) is 25.1 Å². The molecule has 0 aliphatic carbocycles. The highest BCUT2D eigenvalue weighted by Crippen LogP contribution is 2.12. The number of benzene rings is 1. The Bertz CT molecular complexity index is 708. The summed E-state index contributed by atoms with van der Waals surface area (Å²) in [6.45, 7) is 4.53. The molecule has 0 atom stereocenters. The molecule has 0 fully saturated rings. The molecule has 6 heteroatoms. The minimum atomic E-state index is -0.250. The van der Waals surface area contributed by atoms with E-state index >= 15 is 0 Å². The van der Waals surface area contributed by atoms with E-state index in [2.05, 4.69) is 4.98 Å². The molecule has 1 aromatic carbocycles. The quantitative estimate of drug-likeness (QED) is 0.849. The van der Waals surface area contributed by atoms with Crippen molar-refractivity contribution in [2.75, 3.05) is 6.61 Å². The van der Waals surface area contributed by atoms with Gasteiger partial charge in [-0.05, 0) is 44.2 Å². The van der Waals surface area contributed by atoms with Crippen LogP contribution in [-0.2, 0) is 6.54 Å². The minimum absolute atomic E-state index is 0.250. The van der Waals surface area contributed by atoms with Crippen molar-refractivity contribution in [3.63, 3.8) is 0 Å². The van der Waals surface area contributed by atoms with Gasteiger partial charge in [-0.3, -0.25) is 4.57 Å². The van der Waals surface area contributed by atoms with Crippen molar-refractivity contribution in [1.82, 2.24) is 9.55 Å². The van der Waals surface area contributed by atoms with E-state index in [0.29, 0.717) is 23.9 Å². The Morgan fingerprint density at radius 3 is 2.57 bits per heavy atom. The molecule has 2 N–H and O–H groups in total. The summed E-state index contributed by atoms with van der Waals surface area (Å²) < 4.78 is 7.21. The second-order valence-electron chi connectivity index (χ2n) is 4.71. The maximum absolute atomic E-state index is 11.8. The number of thiocarbonyl (C=S) groups is 1. The maximum Gasteiger partial charge on any atom is 0.348 e. The van der Waals surface area contributed by atoms with E-state index in [9.17, 15) is 4.79 Å². The third-order valence-electron chi connectivity index (χ3n) is 3.07. The van der Waals surface area contributed by atoms with Crippen LogP contribution in [0.3, 0.4) is 0 Å². The van der Waals surface area contributed by atoms with Gasteiger partial charge in [-0.15, -0.1) is 0 Å². The van der Waals surface area contributed by atoms with Gasteiger partial charge < -0.3 is 10.5 Å². The summed E-state index contributed by atoms with van der Waals surface area (Å²) in [6, 6.07) is 9.10. The third kappa shape index (κ3) is 3.88. The molecule has 2 aromatic rings. The van der Waals surface area contributed by atoms with E-state index in [0.717, 1.165) is 17.0 Å². The van der Waals surface area contributed by atoms with Crippen molar-refractivity contribution < 1.29 is 4.74 Å². The van der Waals surface area contributed by atoms with E-state index in [4.69, 9.17) is 22.7 Å². The van der Waals surface area contributed by atoms with Gasteiger partial charge in [0.25, 0.3) is 0 Å². The predicted molar refractivity (Wildman–Crippen MR) is 85.8 cm³/mol. The molecular weight excluding hydrogens is 286 g/mol. The van der Waals surface area contributed by atoms with Gasteiger partial charge in [0.1, 0.15) is 17.3 Å². The summed E-state index contributed by atoms with van der Waals surface area (Å²) in [4.78, 5) is 16.1. The van der Waals surface area contributed by atoms with Crippen LogP contribution in [0.25, 0.3) is 0 Å². The number of aryl methyl sites for hydroxylation is 2. The van der Waals surface area contributed by atoms with Gasteiger partial charge in [-0.1, -0.05) is 12.2 Å². The fourth-order valence-corrected chi connectivity index (χ4v) is 2.15. The first-order valence-electron chi connectivity index (χ1n) is 6.55. The molecule has 0 saturated heterocycles. The molecule has 1 heterocycles. The Morgan fingerprint density at radius 1 is 1.33 bits per heavy atom. The Labute approximate surface area is 128 Å². The smallest absolute Gasteiger partial charge is 0.348 e. The molecule has 0 amide bonds. The number of nitrogens with zero attached hydrogens (tertiary/aromatic N) is 2. The average molecular weight is 303 g/mol. The molecule has 110 valence electrons. The summed E-state index contributed by atoms with van der Waals surface area (Å²) in [7, 11) is 0. The third-order valence-corrected chi connectivity index (χ3v) is 3.30. The molecule has 5 nitrogen and oxygen atoms in total. The van der Waals surface area contributed by atoms with Crippen LogP contribution < -0.4 is 16.2 Å². The standard InChI is InChI=1S/C15H17N3O2S/c1-10-9-11(2)18(15(19)17-10)7-8-20-13-5-3-12(4-6-13)14(16)21/h3-6,9H,7-8H2,1-2H3,(H2,16,21). The van der Waals surface area contributed by atoms with Crippen molar-refractivity contribution >= 4 is 17.2 Å². The summed E-state index contributed by atoms with van der Waals surface area (Å²) >= 11 is 4.89. The Morgan fingerprint density at radius 2 is 2.00 bits per heavy atom. The lowest BCUT2D eigenvalue weighted by Crippen LogP contribution is -2.27. The van der Waals surface area contributed by atoms with E-state index in [-0.39, 0.29) is 5.69 Å². The van der Waals surface area contributed by atoms with Gasteiger partial charge in [0, 0.05) is 17.0 Å². The first-order valence-corrected chi connectivity index (χ1v) is 6.96. The largest absolute Gasteiger partial charge is 0.492 e. The maximum atomic E-state index is 11.8. The number of ether oxygens (including phenoxy) is 1. The molecule has 2 rings (SSSR count). The van der Waals surface area contributed by atoms with Crippen LogP contribution in [0, 0.1) is 13.8 Å². The van der Waals surface area contributed by atoms with E-state index < -0.39 is 0 Å². The predicted octanol–water partition coefficient (Wildman–Crippen LogP) is 1.57. The highest BCUT2D eigenvalue weighted by Gasteiger charge is 2.03. The van der Waals surface area contributed by atoms with Crippen LogP contribution in [0.1, 0.15) is 17.0 Å². The SMILES string of the molecule is Cc1cc(C)n(CCOc2ccc(C(N)=S)cc2)c(=O)n1. The van der Waals surface area contributed by atoms with Crippen molar-refractivity contribution in [3.8, 4) is 5.75 Å². The zero-order valence-corrected chi connectivity index (χ0v) is 12.8. The summed E-state index contributed by atoms with van der Waals surface area (Å²) in [5.74, 6) is 0.709. The molecule has 0 aliphatic heterocycles. The van der Waals surface area contributed by atoms with Gasteiger partial charge in [-0.25, -0.2) is 4.79 Å². The number of rotatable bonds is 5. The molecule has 21 heavy (non-hydrogen) atoms. The lowest BCUT2D eigenvalue weighted by molar-refractivity contribution is 0.294. The monoisotopic (exact) mass is 303 g/mol. The van der Waals surface area contributed by atoms with Crippen LogP contribution in [0.4, 0.5) is 0 Å². The molecule has 0 bridgehead atoms.